The topological polar surface area (TPSA) is 108 Å². The molecule has 3 amide bonds. The van der Waals surface area contributed by atoms with Gasteiger partial charge < -0.3 is 15.0 Å². The number of carbonyl (C=O) groups is 2. The van der Waals surface area contributed by atoms with Gasteiger partial charge in [0.05, 0.1) is 19.5 Å². The van der Waals surface area contributed by atoms with E-state index in [1.54, 1.807) is 16.8 Å². The molecule has 0 radical (unpaired) electrons. The van der Waals surface area contributed by atoms with Crippen LogP contribution in [0.5, 0.6) is 5.88 Å². The molecule has 2 heterocycles. The maximum absolute atomic E-state index is 13.1. The smallest absolute Gasteiger partial charge is 0.321 e. The summed E-state index contributed by atoms with van der Waals surface area (Å²) in [5.74, 6) is 0.530. The van der Waals surface area contributed by atoms with Crippen molar-refractivity contribution in [1.29, 1.82) is 0 Å². The fraction of sp³-hybridized carbons (Fsp3) is 0.455. The summed E-state index contributed by atoms with van der Waals surface area (Å²) in [6.07, 6.45) is 8.62. The summed E-state index contributed by atoms with van der Waals surface area (Å²) in [6.45, 7) is 1.59. The second-order valence-electron chi connectivity index (χ2n) is 8.08. The third-order valence-electron chi connectivity index (χ3n) is 6.02. The first-order valence-corrected chi connectivity index (χ1v) is 11.9. The van der Waals surface area contributed by atoms with Gasteiger partial charge in [-0.25, -0.2) is 14.8 Å². The van der Waals surface area contributed by atoms with Crippen molar-refractivity contribution in [3.05, 3.63) is 42.2 Å². The van der Waals surface area contributed by atoms with Gasteiger partial charge in [-0.3, -0.25) is 14.8 Å². The Hall–Kier alpha value is -2.85. The minimum absolute atomic E-state index is 0.106. The van der Waals surface area contributed by atoms with Crippen molar-refractivity contribution in [1.82, 2.24) is 20.0 Å². The molecule has 1 aromatic heterocycles. The first kappa shape index (κ1) is 22.3. The van der Waals surface area contributed by atoms with E-state index in [1.165, 1.54) is 37.9 Å². The number of nitrogens with zero attached hydrogens (tertiary/aromatic N) is 3. The monoisotopic (exact) mass is 456 g/mol. The van der Waals surface area contributed by atoms with Crippen LogP contribution in [0.3, 0.4) is 0 Å². The number of hydrogen-bond acceptors (Lipinski definition) is 7. The maximum Gasteiger partial charge on any atom is 0.321 e. The first-order chi connectivity index (χ1) is 15.5. The lowest BCUT2D eigenvalue weighted by Gasteiger charge is -2.33. The second kappa shape index (κ2) is 9.74. The highest BCUT2D eigenvalue weighted by Gasteiger charge is 2.43. The molecule has 9 nitrogen and oxygen atoms in total. The van der Waals surface area contributed by atoms with Crippen LogP contribution in [0.2, 0.25) is 0 Å². The molecule has 1 saturated carbocycles. The summed E-state index contributed by atoms with van der Waals surface area (Å²) in [5.41, 5.74) is 2.39. The van der Waals surface area contributed by atoms with E-state index in [0.29, 0.717) is 18.8 Å². The van der Waals surface area contributed by atoms with E-state index in [4.69, 9.17) is 4.74 Å². The van der Waals surface area contributed by atoms with Gasteiger partial charge in [-0.2, -0.15) is 0 Å². The molecule has 170 valence electrons. The zero-order valence-electron chi connectivity index (χ0n) is 18.3. The Morgan fingerprint density at radius 1 is 1.25 bits per heavy atom. The number of ether oxygens (including phenoxy) is 1. The van der Waals surface area contributed by atoms with Crippen LogP contribution in [0.1, 0.15) is 31.2 Å². The van der Waals surface area contributed by atoms with Crippen LogP contribution in [-0.2, 0) is 10.2 Å². The Kier molecular flexibility index (Phi) is 6.80. The van der Waals surface area contributed by atoms with Crippen LogP contribution >= 0.6 is 11.9 Å². The molecule has 2 fully saturated rings. The number of urea groups is 1. The first-order valence-electron chi connectivity index (χ1n) is 10.7. The van der Waals surface area contributed by atoms with Crippen LogP contribution in [0.25, 0.3) is 0 Å². The minimum atomic E-state index is -0.588. The Labute approximate surface area is 191 Å². The molecular formula is C22H28N6O3S. The predicted octanol–water partition coefficient (Wildman–Crippen LogP) is 2.70. The van der Waals surface area contributed by atoms with Gasteiger partial charge >= 0.3 is 6.03 Å². The molecule has 32 heavy (non-hydrogen) atoms. The molecule has 1 saturated heterocycles. The van der Waals surface area contributed by atoms with Crippen molar-refractivity contribution < 1.29 is 14.3 Å². The third kappa shape index (κ3) is 4.97. The van der Waals surface area contributed by atoms with Gasteiger partial charge in [0.25, 0.3) is 0 Å². The number of aromatic nitrogens is 2. The van der Waals surface area contributed by atoms with Gasteiger partial charge in [-0.1, -0.05) is 24.1 Å². The molecule has 1 unspecified atom stereocenters. The largest absolute Gasteiger partial charge is 0.480 e. The standard InChI is InChI=1S/C22H28N6O3S/c1-31-19-13-23-18(12-24-19)27-21(30)26-17-4-3-11-28(20(17)29)16-7-5-15(6-8-16)22(9-10-22)14-25-32-2/h5-8,12-13,17,25H,3-4,9-11,14H2,1-2H3,(H2,23,26,27,30). The molecule has 10 heteroatoms. The molecule has 2 aliphatic rings. The van der Waals surface area contributed by atoms with Gasteiger partial charge in [-0.05, 0) is 49.6 Å². The van der Waals surface area contributed by atoms with Crippen LogP contribution in [0.4, 0.5) is 16.3 Å². The SMILES string of the molecule is COc1cnc(NC(=O)NC2CCCN(c3ccc(C4(CNSC)CC4)cc3)C2=O)cn1. The van der Waals surface area contributed by atoms with Crippen LogP contribution < -0.4 is 25.0 Å². The average Bonchev–Trinajstić information content (AvgIpc) is 3.61. The highest BCUT2D eigenvalue weighted by atomic mass is 32.2. The molecule has 1 atom stereocenters. The third-order valence-corrected chi connectivity index (χ3v) is 6.46. The van der Waals surface area contributed by atoms with Crippen LogP contribution in [-0.4, -0.2) is 54.4 Å². The van der Waals surface area contributed by atoms with E-state index in [0.717, 1.165) is 18.7 Å². The quantitative estimate of drug-likeness (QED) is 0.524. The summed E-state index contributed by atoms with van der Waals surface area (Å²) >= 11 is 1.64. The molecule has 0 bridgehead atoms. The molecule has 0 spiro atoms. The Bertz CT molecular complexity index is 949. The van der Waals surface area contributed by atoms with E-state index in [1.807, 2.05) is 18.4 Å². The van der Waals surface area contributed by atoms with Crippen molar-refractivity contribution in [3.8, 4) is 5.88 Å². The molecule has 4 rings (SSSR count). The minimum Gasteiger partial charge on any atom is -0.480 e. The van der Waals surface area contributed by atoms with Gasteiger partial charge in [0.15, 0.2) is 5.82 Å². The van der Waals surface area contributed by atoms with E-state index in [9.17, 15) is 9.59 Å². The van der Waals surface area contributed by atoms with Crippen molar-refractivity contribution in [3.63, 3.8) is 0 Å². The second-order valence-corrected chi connectivity index (χ2v) is 8.78. The molecule has 1 aliphatic carbocycles. The van der Waals surface area contributed by atoms with Gasteiger partial charge in [0, 0.05) is 24.2 Å². The highest BCUT2D eigenvalue weighted by molar-refractivity contribution is 7.96. The number of anilines is 2. The van der Waals surface area contributed by atoms with Gasteiger partial charge in [0.1, 0.15) is 6.04 Å². The molecule has 1 aliphatic heterocycles. The van der Waals surface area contributed by atoms with Gasteiger partial charge in [0.2, 0.25) is 11.8 Å². The van der Waals surface area contributed by atoms with Crippen LogP contribution in [0.15, 0.2) is 36.7 Å². The fourth-order valence-electron chi connectivity index (χ4n) is 3.99. The van der Waals surface area contributed by atoms with Crippen LogP contribution in [0, 0.1) is 0 Å². The lowest BCUT2D eigenvalue weighted by Crippen LogP contribution is -2.53. The normalized spacial score (nSPS) is 19.4. The van der Waals surface area contributed by atoms with Crippen molar-refractivity contribution >= 4 is 35.4 Å². The summed E-state index contributed by atoms with van der Waals surface area (Å²) in [4.78, 5) is 35.2. The maximum atomic E-state index is 13.1. The number of piperidine rings is 1. The zero-order valence-corrected chi connectivity index (χ0v) is 19.1. The zero-order chi connectivity index (χ0) is 22.6. The molecule has 2 aromatic rings. The summed E-state index contributed by atoms with van der Waals surface area (Å²) in [6, 6.07) is 7.21. The predicted molar refractivity (Wildman–Crippen MR) is 125 cm³/mol. The summed E-state index contributed by atoms with van der Waals surface area (Å²) in [5, 5.41) is 5.37. The lowest BCUT2D eigenvalue weighted by molar-refractivity contribution is -0.121. The Morgan fingerprint density at radius 2 is 2.03 bits per heavy atom. The average molecular weight is 457 g/mol. The van der Waals surface area contributed by atoms with Gasteiger partial charge in [-0.15, -0.1) is 0 Å². The summed E-state index contributed by atoms with van der Waals surface area (Å²) < 4.78 is 8.33. The molecular weight excluding hydrogens is 428 g/mol. The number of rotatable bonds is 8. The van der Waals surface area contributed by atoms with E-state index >= 15 is 0 Å². The number of carbonyl (C=O) groups excluding carboxylic acids is 2. The fourth-order valence-corrected chi connectivity index (χ4v) is 4.41. The lowest BCUT2D eigenvalue weighted by atomic mass is 9.95. The molecule has 1 aromatic carbocycles. The number of nitrogens with one attached hydrogen (secondary N) is 3. The number of amides is 3. The Morgan fingerprint density at radius 3 is 2.66 bits per heavy atom. The van der Waals surface area contributed by atoms with E-state index in [2.05, 4.69) is 37.5 Å². The van der Waals surface area contributed by atoms with Crippen molar-refractivity contribution in [2.75, 3.05) is 36.7 Å². The highest BCUT2D eigenvalue weighted by Crippen LogP contribution is 2.48. The number of methoxy groups -OCH3 is 1. The van der Waals surface area contributed by atoms with Crippen molar-refractivity contribution in [2.24, 2.45) is 0 Å². The van der Waals surface area contributed by atoms with E-state index < -0.39 is 12.1 Å². The summed E-state index contributed by atoms with van der Waals surface area (Å²) in [7, 11) is 1.49. The number of hydrogen-bond donors (Lipinski definition) is 3. The van der Waals surface area contributed by atoms with E-state index in [-0.39, 0.29) is 17.1 Å². The molecule has 3 N–H and O–H groups in total. The van der Waals surface area contributed by atoms with Crippen molar-refractivity contribution in [2.45, 2.75) is 37.1 Å². The number of benzene rings is 1. The Balaban J connectivity index is 1.36.